The lowest BCUT2D eigenvalue weighted by Gasteiger charge is -2.40. The van der Waals surface area contributed by atoms with Crippen molar-refractivity contribution >= 4 is 11.6 Å². The lowest BCUT2D eigenvalue weighted by atomic mass is 10.0. The van der Waals surface area contributed by atoms with E-state index in [1.54, 1.807) is 0 Å². The zero-order chi connectivity index (χ0) is 15.4. The molecule has 4 nitrogen and oxygen atoms in total. The minimum Gasteiger partial charge on any atom is -0.378 e. The normalized spacial score (nSPS) is 22.2. The summed E-state index contributed by atoms with van der Waals surface area (Å²) < 4.78 is 0. The van der Waals surface area contributed by atoms with Gasteiger partial charge in [-0.3, -0.25) is 4.79 Å². The van der Waals surface area contributed by atoms with Crippen LogP contribution in [0.3, 0.4) is 0 Å². The van der Waals surface area contributed by atoms with Crippen LogP contribution < -0.4 is 10.2 Å². The molecule has 1 N–H and O–H groups in total. The Hall–Kier alpha value is -1.55. The first-order valence-corrected chi connectivity index (χ1v) is 7.88. The van der Waals surface area contributed by atoms with Crippen molar-refractivity contribution in [1.82, 2.24) is 10.2 Å². The summed E-state index contributed by atoms with van der Waals surface area (Å²) in [6, 6.07) is 8.60. The molecule has 2 rings (SSSR count). The van der Waals surface area contributed by atoms with E-state index >= 15 is 0 Å². The van der Waals surface area contributed by atoms with E-state index in [9.17, 15) is 4.79 Å². The SMILES string of the molecule is CCC1CN(C(=O)c2cccc(N(C)C)c2)C(CC)CN1. The molecule has 116 valence electrons. The van der Waals surface area contributed by atoms with Gasteiger partial charge in [-0.1, -0.05) is 19.9 Å². The summed E-state index contributed by atoms with van der Waals surface area (Å²) in [5.41, 5.74) is 1.85. The molecule has 0 radical (unpaired) electrons. The molecule has 1 saturated heterocycles. The predicted molar refractivity (Wildman–Crippen MR) is 88.0 cm³/mol. The van der Waals surface area contributed by atoms with Crippen LogP contribution in [0, 0.1) is 0 Å². The number of piperazine rings is 1. The van der Waals surface area contributed by atoms with Gasteiger partial charge in [0.1, 0.15) is 0 Å². The van der Waals surface area contributed by atoms with Crippen molar-refractivity contribution in [2.24, 2.45) is 0 Å². The van der Waals surface area contributed by atoms with Crippen LogP contribution in [0.2, 0.25) is 0 Å². The number of rotatable bonds is 4. The molecule has 1 amide bonds. The first kappa shape index (κ1) is 15.8. The van der Waals surface area contributed by atoms with Gasteiger partial charge in [0.05, 0.1) is 0 Å². The fourth-order valence-electron chi connectivity index (χ4n) is 2.83. The smallest absolute Gasteiger partial charge is 0.254 e. The number of carbonyl (C=O) groups is 1. The van der Waals surface area contributed by atoms with Crippen LogP contribution in [0.15, 0.2) is 24.3 Å². The van der Waals surface area contributed by atoms with E-state index in [0.29, 0.717) is 12.1 Å². The molecule has 1 aliphatic heterocycles. The summed E-state index contributed by atoms with van der Waals surface area (Å²) in [5.74, 6) is 0.158. The average Bonchev–Trinajstić information content (AvgIpc) is 2.53. The van der Waals surface area contributed by atoms with E-state index in [4.69, 9.17) is 0 Å². The third kappa shape index (κ3) is 3.56. The maximum atomic E-state index is 12.9. The molecule has 2 unspecified atom stereocenters. The highest BCUT2D eigenvalue weighted by atomic mass is 16.2. The summed E-state index contributed by atoms with van der Waals surface area (Å²) in [4.78, 5) is 17.0. The molecule has 0 aliphatic carbocycles. The predicted octanol–water partition coefficient (Wildman–Crippen LogP) is 2.36. The second-order valence-corrected chi connectivity index (χ2v) is 5.98. The molecule has 1 aromatic carbocycles. The van der Waals surface area contributed by atoms with E-state index in [-0.39, 0.29) is 5.91 Å². The zero-order valence-electron chi connectivity index (χ0n) is 13.6. The van der Waals surface area contributed by atoms with Crippen molar-refractivity contribution < 1.29 is 4.79 Å². The van der Waals surface area contributed by atoms with Gasteiger partial charge in [-0.2, -0.15) is 0 Å². The van der Waals surface area contributed by atoms with Gasteiger partial charge in [0.15, 0.2) is 0 Å². The van der Waals surface area contributed by atoms with Crippen LogP contribution in [-0.2, 0) is 0 Å². The minimum absolute atomic E-state index is 0.158. The molecule has 1 heterocycles. The molecule has 0 saturated carbocycles. The molecular formula is C17H27N3O. The number of anilines is 1. The number of nitrogens with zero attached hydrogens (tertiary/aromatic N) is 2. The number of benzene rings is 1. The molecular weight excluding hydrogens is 262 g/mol. The summed E-state index contributed by atoms with van der Waals surface area (Å²) in [5, 5.41) is 3.53. The van der Waals surface area contributed by atoms with E-state index in [1.165, 1.54) is 0 Å². The number of nitrogens with one attached hydrogen (secondary N) is 1. The highest BCUT2D eigenvalue weighted by Gasteiger charge is 2.30. The topological polar surface area (TPSA) is 35.6 Å². The van der Waals surface area contributed by atoms with Gasteiger partial charge in [0.25, 0.3) is 5.91 Å². The highest BCUT2D eigenvalue weighted by molar-refractivity contribution is 5.95. The number of hydrogen-bond donors (Lipinski definition) is 1. The van der Waals surface area contributed by atoms with Crippen LogP contribution in [-0.4, -0.2) is 50.1 Å². The van der Waals surface area contributed by atoms with Crippen molar-refractivity contribution in [2.75, 3.05) is 32.1 Å². The second kappa shape index (κ2) is 6.94. The Morgan fingerprint density at radius 3 is 2.71 bits per heavy atom. The van der Waals surface area contributed by atoms with Gasteiger partial charge in [-0.15, -0.1) is 0 Å². The Morgan fingerprint density at radius 1 is 1.33 bits per heavy atom. The van der Waals surface area contributed by atoms with E-state index in [2.05, 4.69) is 24.1 Å². The van der Waals surface area contributed by atoms with Crippen LogP contribution in [0.25, 0.3) is 0 Å². The standard InChI is InChI=1S/C17H27N3O/c1-5-14-12-20(15(6-2)11-18-14)17(21)13-8-7-9-16(10-13)19(3)4/h7-10,14-15,18H,5-6,11-12H2,1-4H3. The Kier molecular flexibility index (Phi) is 5.23. The highest BCUT2D eigenvalue weighted by Crippen LogP contribution is 2.19. The molecule has 1 aliphatic rings. The van der Waals surface area contributed by atoms with Crippen molar-refractivity contribution in [3.8, 4) is 0 Å². The van der Waals surface area contributed by atoms with Gasteiger partial charge in [0, 0.05) is 50.5 Å². The number of carbonyl (C=O) groups excluding carboxylic acids is 1. The van der Waals surface area contributed by atoms with E-state index in [1.807, 2.05) is 43.3 Å². The Balaban J connectivity index is 2.21. The van der Waals surface area contributed by atoms with Gasteiger partial charge < -0.3 is 15.1 Å². The molecule has 0 aromatic heterocycles. The lowest BCUT2D eigenvalue weighted by Crippen LogP contribution is -2.57. The number of hydrogen-bond acceptors (Lipinski definition) is 3. The first-order valence-electron chi connectivity index (χ1n) is 7.88. The van der Waals surface area contributed by atoms with Gasteiger partial charge >= 0.3 is 0 Å². The molecule has 4 heteroatoms. The van der Waals surface area contributed by atoms with Crippen LogP contribution in [0.4, 0.5) is 5.69 Å². The second-order valence-electron chi connectivity index (χ2n) is 5.98. The maximum Gasteiger partial charge on any atom is 0.254 e. The maximum absolute atomic E-state index is 12.9. The number of amides is 1. The molecule has 0 spiro atoms. The van der Waals surface area contributed by atoms with E-state index in [0.717, 1.165) is 37.2 Å². The third-order valence-electron chi connectivity index (χ3n) is 4.33. The Bertz CT molecular complexity index is 487. The van der Waals surface area contributed by atoms with Crippen LogP contribution in [0.1, 0.15) is 37.0 Å². The quantitative estimate of drug-likeness (QED) is 0.924. The van der Waals surface area contributed by atoms with E-state index < -0.39 is 0 Å². The third-order valence-corrected chi connectivity index (χ3v) is 4.33. The molecule has 1 aromatic rings. The van der Waals surface area contributed by atoms with Gasteiger partial charge in [0.2, 0.25) is 0 Å². The Morgan fingerprint density at radius 2 is 2.10 bits per heavy atom. The molecule has 0 bridgehead atoms. The van der Waals surface area contributed by atoms with Crippen molar-refractivity contribution in [3.05, 3.63) is 29.8 Å². The van der Waals surface area contributed by atoms with Crippen LogP contribution in [0.5, 0.6) is 0 Å². The van der Waals surface area contributed by atoms with Crippen molar-refractivity contribution in [2.45, 2.75) is 38.8 Å². The first-order chi connectivity index (χ1) is 10.1. The molecule has 21 heavy (non-hydrogen) atoms. The minimum atomic E-state index is 0.158. The average molecular weight is 289 g/mol. The molecule has 1 fully saturated rings. The lowest BCUT2D eigenvalue weighted by molar-refractivity contribution is 0.0576. The van der Waals surface area contributed by atoms with Gasteiger partial charge in [-0.05, 0) is 31.0 Å². The van der Waals surface area contributed by atoms with Crippen molar-refractivity contribution in [1.29, 1.82) is 0 Å². The largest absolute Gasteiger partial charge is 0.378 e. The summed E-state index contributed by atoms with van der Waals surface area (Å²) in [6.07, 6.45) is 2.04. The fourth-order valence-corrected chi connectivity index (χ4v) is 2.83. The van der Waals surface area contributed by atoms with Crippen molar-refractivity contribution in [3.63, 3.8) is 0 Å². The zero-order valence-corrected chi connectivity index (χ0v) is 13.6. The summed E-state index contributed by atoms with van der Waals surface area (Å²) in [6.45, 7) is 6.02. The van der Waals surface area contributed by atoms with Gasteiger partial charge in [-0.25, -0.2) is 0 Å². The fraction of sp³-hybridized carbons (Fsp3) is 0.588. The summed E-state index contributed by atoms with van der Waals surface area (Å²) in [7, 11) is 3.99. The molecule has 2 atom stereocenters. The van der Waals surface area contributed by atoms with Crippen LogP contribution >= 0.6 is 0 Å². The summed E-state index contributed by atoms with van der Waals surface area (Å²) >= 11 is 0. The monoisotopic (exact) mass is 289 g/mol. The Labute approximate surface area is 128 Å².